The van der Waals surface area contributed by atoms with Gasteiger partial charge in [-0.25, -0.2) is 0 Å². The van der Waals surface area contributed by atoms with Gasteiger partial charge in [0.15, 0.2) is 0 Å². The fourth-order valence-corrected chi connectivity index (χ4v) is 1.30. The highest BCUT2D eigenvalue weighted by atomic mass is 14.7. The van der Waals surface area contributed by atoms with E-state index in [1.165, 1.54) is 0 Å². The van der Waals surface area contributed by atoms with Crippen molar-refractivity contribution in [1.29, 1.82) is 0 Å². The zero-order valence-corrected chi connectivity index (χ0v) is 8.38. The smallest absolute Gasteiger partial charge is 0.0700 e. The Morgan fingerprint density at radius 1 is 1.07 bits per heavy atom. The lowest BCUT2D eigenvalue weighted by Gasteiger charge is -1.98. The summed E-state index contributed by atoms with van der Waals surface area (Å²) in [5.41, 5.74) is 15.4. The van der Waals surface area contributed by atoms with Gasteiger partial charge in [-0.1, -0.05) is 25.0 Å². The normalized spacial score (nSPS) is 14.7. The number of anilines is 2. The van der Waals surface area contributed by atoms with E-state index in [-0.39, 0.29) is 5.92 Å². The molecule has 2 rings (SSSR count). The fourth-order valence-electron chi connectivity index (χ4n) is 1.30. The molecule has 1 fully saturated rings. The molecule has 0 unspecified atom stereocenters. The summed E-state index contributed by atoms with van der Waals surface area (Å²) in [6, 6.07) is 5.39. The molecule has 0 aliphatic heterocycles. The molecule has 2 nitrogen and oxygen atoms in total. The summed E-state index contributed by atoms with van der Waals surface area (Å²) in [4.78, 5) is 0. The molecule has 0 aromatic heterocycles. The Balaban J connectivity index is 2.21. The number of allylic oxidation sites excluding steroid dienone is 2. The molecule has 0 saturated heterocycles. The van der Waals surface area contributed by atoms with Gasteiger partial charge >= 0.3 is 0 Å². The Morgan fingerprint density at radius 3 is 2.27 bits per heavy atom. The van der Waals surface area contributed by atoms with Crippen LogP contribution >= 0.6 is 0 Å². The predicted octanol–water partition coefficient (Wildman–Crippen LogP) is 1.94. The molecule has 0 bridgehead atoms. The van der Waals surface area contributed by atoms with Crippen LogP contribution in [-0.2, 0) is 0 Å². The molecule has 1 aromatic rings. The van der Waals surface area contributed by atoms with E-state index in [1.807, 2.05) is 6.07 Å². The summed E-state index contributed by atoms with van der Waals surface area (Å²) >= 11 is 0. The highest BCUT2D eigenvalue weighted by molar-refractivity contribution is 5.66. The summed E-state index contributed by atoms with van der Waals surface area (Å²) in [5.74, 6) is 6.27. The molecule has 4 N–H and O–H groups in total. The average Bonchev–Trinajstić information content (AvgIpc) is 2.77. The van der Waals surface area contributed by atoms with Gasteiger partial charge in [-0.3, -0.25) is 0 Å². The standard InChI is InChI=1S/C13H12N2/c1-8-9(2)11(8)5-3-10-4-6-12(14)13(15)7-10/h4,6-7,11H,1-2,14-15H2. The lowest BCUT2D eigenvalue weighted by molar-refractivity contribution is 1.33. The van der Waals surface area contributed by atoms with Crippen LogP contribution in [-0.4, -0.2) is 0 Å². The average molecular weight is 196 g/mol. The van der Waals surface area contributed by atoms with Crippen molar-refractivity contribution in [2.45, 2.75) is 0 Å². The maximum absolute atomic E-state index is 5.67. The third-order valence-corrected chi connectivity index (χ3v) is 2.47. The first kappa shape index (κ1) is 9.42. The van der Waals surface area contributed by atoms with Gasteiger partial charge in [-0.05, 0) is 29.3 Å². The summed E-state index contributed by atoms with van der Waals surface area (Å²) in [7, 11) is 0. The Labute approximate surface area is 89.3 Å². The van der Waals surface area contributed by atoms with E-state index < -0.39 is 0 Å². The molecule has 0 spiro atoms. The van der Waals surface area contributed by atoms with Gasteiger partial charge in [0.25, 0.3) is 0 Å². The van der Waals surface area contributed by atoms with E-state index in [2.05, 4.69) is 25.0 Å². The van der Waals surface area contributed by atoms with Gasteiger partial charge in [0, 0.05) is 5.56 Å². The van der Waals surface area contributed by atoms with Crippen LogP contribution in [0.4, 0.5) is 11.4 Å². The van der Waals surface area contributed by atoms with Gasteiger partial charge in [-0.2, -0.15) is 0 Å². The van der Waals surface area contributed by atoms with Crippen molar-refractivity contribution in [3.05, 3.63) is 48.1 Å². The lowest BCUT2D eigenvalue weighted by atomic mass is 10.2. The zero-order chi connectivity index (χ0) is 11.0. The van der Waals surface area contributed by atoms with Crippen molar-refractivity contribution in [1.82, 2.24) is 0 Å². The van der Waals surface area contributed by atoms with Crippen LogP contribution < -0.4 is 11.5 Å². The van der Waals surface area contributed by atoms with Crippen LogP contribution in [0, 0.1) is 17.8 Å². The third kappa shape index (κ3) is 1.72. The zero-order valence-electron chi connectivity index (χ0n) is 8.38. The third-order valence-electron chi connectivity index (χ3n) is 2.47. The molecule has 15 heavy (non-hydrogen) atoms. The highest BCUT2D eigenvalue weighted by Gasteiger charge is 2.31. The molecule has 2 heteroatoms. The lowest BCUT2D eigenvalue weighted by Crippen LogP contribution is -1.94. The van der Waals surface area contributed by atoms with Gasteiger partial charge in [0.05, 0.1) is 17.3 Å². The molecule has 1 saturated carbocycles. The number of benzene rings is 1. The summed E-state index contributed by atoms with van der Waals surface area (Å²) in [5, 5.41) is 0. The van der Waals surface area contributed by atoms with Crippen LogP contribution in [0.3, 0.4) is 0 Å². The van der Waals surface area contributed by atoms with Crippen LogP contribution in [0.25, 0.3) is 0 Å². The van der Waals surface area contributed by atoms with Crippen molar-refractivity contribution in [2.75, 3.05) is 11.5 Å². The van der Waals surface area contributed by atoms with Gasteiger partial charge in [0.2, 0.25) is 0 Å². The summed E-state index contributed by atoms with van der Waals surface area (Å²) in [6.45, 7) is 7.65. The SMILES string of the molecule is C=C1C(=C)C1C#Cc1ccc(N)c(N)c1. The quantitative estimate of drug-likeness (QED) is 0.492. The number of rotatable bonds is 0. The van der Waals surface area contributed by atoms with Crippen molar-refractivity contribution in [3.8, 4) is 11.8 Å². The predicted molar refractivity (Wildman–Crippen MR) is 63.9 cm³/mol. The fraction of sp³-hybridized carbons (Fsp3) is 0.0769. The molecule has 1 aromatic carbocycles. The molecule has 0 atom stereocenters. The van der Waals surface area contributed by atoms with Crippen molar-refractivity contribution in [2.24, 2.45) is 5.92 Å². The number of nitrogen functional groups attached to an aromatic ring is 2. The number of hydrogen-bond acceptors (Lipinski definition) is 2. The largest absolute Gasteiger partial charge is 0.397 e. The van der Waals surface area contributed by atoms with Crippen LogP contribution in [0.1, 0.15) is 5.56 Å². The Kier molecular flexibility index (Phi) is 2.02. The second-order valence-corrected chi connectivity index (χ2v) is 3.60. The molecule has 0 heterocycles. The number of nitrogens with two attached hydrogens (primary N) is 2. The van der Waals surface area contributed by atoms with E-state index in [0.29, 0.717) is 11.4 Å². The van der Waals surface area contributed by atoms with Crippen LogP contribution in [0.2, 0.25) is 0 Å². The Morgan fingerprint density at radius 2 is 1.73 bits per heavy atom. The minimum absolute atomic E-state index is 0.170. The maximum Gasteiger partial charge on any atom is 0.0700 e. The molecule has 1 aliphatic rings. The topological polar surface area (TPSA) is 52.0 Å². The van der Waals surface area contributed by atoms with Crippen LogP contribution in [0.5, 0.6) is 0 Å². The van der Waals surface area contributed by atoms with Crippen molar-refractivity contribution < 1.29 is 0 Å². The van der Waals surface area contributed by atoms with E-state index in [1.54, 1.807) is 12.1 Å². The minimum Gasteiger partial charge on any atom is -0.397 e. The monoisotopic (exact) mass is 196 g/mol. The van der Waals surface area contributed by atoms with Crippen molar-refractivity contribution in [3.63, 3.8) is 0 Å². The molecule has 0 amide bonds. The molecule has 0 radical (unpaired) electrons. The first-order chi connectivity index (χ1) is 7.09. The van der Waals surface area contributed by atoms with Gasteiger partial charge < -0.3 is 11.5 Å². The van der Waals surface area contributed by atoms with Gasteiger partial charge in [0.1, 0.15) is 0 Å². The van der Waals surface area contributed by atoms with Crippen LogP contribution in [0.15, 0.2) is 42.5 Å². The van der Waals surface area contributed by atoms with Crippen molar-refractivity contribution >= 4 is 11.4 Å². The summed E-state index contributed by atoms with van der Waals surface area (Å²) < 4.78 is 0. The first-order valence-electron chi connectivity index (χ1n) is 4.64. The Hall–Kier alpha value is -2.14. The molecular formula is C13H12N2. The molecule has 1 aliphatic carbocycles. The van der Waals surface area contributed by atoms with E-state index in [9.17, 15) is 0 Å². The molecule has 74 valence electrons. The maximum atomic E-state index is 5.67. The Bertz CT molecular complexity index is 501. The number of hydrogen-bond donors (Lipinski definition) is 2. The second-order valence-electron chi connectivity index (χ2n) is 3.60. The molecular weight excluding hydrogens is 184 g/mol. The van der Waals surface area contributed by atoms with E-state index in [4.69, 9.17) is 11.5 Å². The second kappa shape index (κ2) is 3.21. The van der Waals surface area contributed by atoms with E-state index in [0.717, 1.165) is 16.7 Å². The minimum atomic E-state index is 0.170. The highest BCUT2D eigenvalue weighted by Crippen LogP contribution is 2.41. The summed E-state index contributed by atoms with van der Waals surface area (Å²) in [6.07, 6.45) is 0. The first-order valence-corrected chi connectivity index (χ1v) is 4.64. The van der Waals surface area contributed by atoms with E-state index >= 15 is 0 Å². The van der Waals surface area contributed by atoms with Gasteiger partial charge in [-0.15, -0.1) is 0 Å².